The van der Waals surface area contributed by atoms with Crippen LogP contribution >= 0.6 is 22.7 Å². The van der Waals surface area contributed by atoms with E-state index in [0.29, 0.717) is 0 Å². The first-order chi connectivity index (χ1) is 8.35. The van der Waals surface area contributed by atoms with E-state index in [1.807, 2.05) is 11.3 Å². The summed E-state index contributed by atoms with van der Waals surface area (Å²) in [6.45, 7) is 6.40. The SMILES string of the molecule is CCCNCc1sc(-c2ccsc2)nc1CC. The van der Waals surface area contributed by atoms with E-state index in [1.165, 1.54) is 22.6 Å². The minimum Gasteiger partial charge on any atom is -0.312 e. The molecule has 0 saturated carbocycles. The molecule has 0 radical (unpaired) electrons. The van der Waals surface area contributed by atoms with E-state index in [2.05, 4.69) is 36.0 Å². The van der Waals surface area contributed by atoms with Crippen molar-refractivity contribution in [3.8, 4) is 10.6 Å². The molecule has 92 valence electrons. The molecular weight excluding hydrogens is 248 g/mol. The molecule has 0 unspecified atom stereocenters. The van der Waals surface area contributed by atoms with Crippen LogP contribution in [0.1, 0.15) is 30.8 Å². The molecule has 4 heteroatoms. The van der Waals surface area contributed by atoms with Gasteiger partial charge in [-0.15, -0.1) is 11.3 Å². The van der Waals surface area contributed by atoms with Crippen molar-refractivity contribution in [1.82, 2.24) is 10.3 Å². The van der Waals surface area contributed by atoms with Gasteiger partial charge in [0.2, 0.25) is 0 Å². The van der Waals surface area contributed by atoms with Crippen LogP contribution in [-0.4, -0.2) is 11.5 Å². The maximum Gasteiger partial charge on any atom is 0.124 e. The number of rotatable bonds is 6. The molecule has 0 bridgehead atoms. The summed E-state index contributed by atoms with van der Waals surface area (Å²) >= 11 is 3.55. The molecule has 0 spiro atoms. The lowest BCUT2D eigenvalue weighted by Gasteiger charge is -2.01. The molecule has 0 amide bonds. The first kappa shape index (κ1) is 12.7. The third kappa shape index (κ3) is 3.15. The molecule has 0 aromatic carbocycles. The highest BCUT2D eigenvalue weighted by Crippen LogP contribution is 2.29. The highest BCUT2D eigenvalue weighted by atomic mass is 32.1. The second-order valence-electron chi connectivity index (χ2n) is 3.93. The summed E-state index contributed by atoms with van der Waals surface area (Å²) < 4.78 is 0. The van der Waals surface area contributed by atoms with Crippen molar-refractivity contribution in [1.29, 1.82) is 0 Å². The van der Waals surface area contributed by atoms with E-state index in [-0.39, 0.29) is 0 Å². The Morgan fingerprint density at radius 1 is 1.35 bits per heavy atom. The topological polar surface area (TPSA) is 24.9 Å². The van der Waals surface area contributed by atoms with Crippen LogP contribution in [0.5, 0.6) is 0 Å². The monoisotopic (exact) mass is 266 g/mol. The summed E-state index contributed by atoms with van der Waals surface area (Å²) in [4.78, 5) is 6.13. The van der Waals surface area contributed by atoms with Gasteiger partial charge in [0.05, 0.1) is 5.69 Å². The zero-order valence-electron chi connectivity index (χ0n) is 10.3. The Bertz CT molecular complexity index is 446. The van der Waals surface area contributed by atoms with E-state index in [9.17, 15) is 0 Å². The molecule has 0 aliphatic heterocycles. The van der Waals surface area contributed by atoms with Gasteiger partial charge in [0, 0.05) is 22.4 Å². The minimum atomic E-state index is 0.957. The van der Waals surface area contributed by atoms with Gasteiger partial charge in [0.15, 0.2) is 0 Å². The highest BCUT2D eigenvalue weighted by Gasteiger charge is 2.10. The predicted molar refractivity (Wildman–Crippen MR) is 76.8 cm³/mol. The largest absolute Gasteiger partial charge is 0.312 e. The summed E-state index contributed by atoms with van der Waals surface area (Å²) in [5.74, 6) is 0. The lowest BCUT2D eigenvalue weighted by atomic mass is 10.3. The van der Waals surface area contributed by atoms with Crippen molar-refractivity contribution in [2.24, 2.45) is 0 Å². The van der Waals surface area contributed by atoms with Crippen LogP contribution in [0.2, 0.25) is 0 Å². The Kier molecular flexibility index (Phi) is 4.71. The lowest BCUT2D eigenvalue weighted by Crippen LogP contribution is -2.13. The van der Waals surface area contributed by atoms with Crippen molar-refractivity contribution in [3.05, 3.63) is 27.4 Å². The molecule has 2 heterocycles. The summed E-state index contributed by atoms with van der Waals surface area (Å²) in [5, 5.41) is 8.90. The van der Waals surface area contributed by atoms with Gasteiger partial charge in [-0.25, -0.2) is 4.98 Å². The van der Waals surface area contributed by atoms with Crippen molar-refractivity contribution in [2.45, 2.75) is 33.2 Å². The lowest BCUT2D eigenvalue weighted by molar-refractivity contribution is 0.677. The summed E-state index contributed by atoms with van der Waals surface area (Å²) in [5.41, 5.74) is 2.51. The average Bonchev–Trinajstić information content (AvgIpc) is 2.97. The Labute approximate surface area is 111 Å². The zero-order valence-corrected chi connectivity index (χ0v) is 12.0. The number of nitrogens with one attached hydrogen (secondary N) is 1. The minimum absolute atomic E-state index is 0.957. The fraction of sp³-hybridized carbons (Fsp3) is 0.462. The molecule has 0 atom stereocenters. The number of nitrogens with zero attached hydrogens (tertiary/aromatic N) is 1. The third-order valence-corrected chi connectivity index (χ3v) is 4.42. The number of aryl methyl sites for hydroxylation is 1. The van der Waals surface area contributed by atoms with Crippen LogP contribution in [0.15, 0.2) is 16.8 Å². The standard InChI is InChI=1S/C13H18N2S2/c1-3-6-14-8-12-11(4-2)15-13(17-12)10-5-7-16-9-10/h5,7,9,14H,3-4,6,8H2,1-2H3. The van der Waals surface area contributed by atoms with E-state index in [4.69, 9.17) is 4.98 Å². The van der Waals surface area contributed by atoms with Crippen molar-refractivity contribution >= 4 is 22.7 Å². The van der Waals surface area contributed by atoms with E-state index >= 15 is 0 Å². The number of thiazole rings is 1. The summed E-state index contributed by atoms with van der Waals surface area (Å²) in [6.07, 6.45) is 2.20. The predicted octanol–water partition coefficient (Wildman–Crippen LogP) is 3.93. The van der Waals surface area contributed by atoms with Crippen LogP contribution < -0.4 is 5.32 Å². The summed E-state index contributed by atoms with van der Waals surface area (Å²) in [6, 6.07) is 2.15. The van der Waals surface area contributed by atoms with Crippen LogP contribution in [0, 0.1) is 0 Å². The number of aromatic nitrogens is 1. The molecular formula is C13H18N2S2. The van der Waals surface area contributed by atoms with Gasteiger partial charge in [-0.2, -0.15) is 11.3 Å². The Morgan fingerprint density at radius 3 is 2.88 bits per heavy atom. The number of hydrogen-bond acceptors (Lipinski definition) is 4. The van der Waals surface area contributed by atoms with Gasteiger partial charge < -0.3 is 5.32 Å². The normalized spacial score (nSPS) is 10.9. The van der Waals surface area contributed by atoms with Crippen molar-refractivity contribution in [3.63, 3.8) is 0 Å². The third-order valence-electron chi connectivity index (χ3n) is 2.59. The van der Waals surface area contributed by atoms with Gasteiger partial charge in [0.25, 0.3) is 0 Å². The van der Waals surface area contributed by atoms with Crippen molar-refractivity contribution in [2.75, 3.05) is 6.54 Å². The van der Waals surface area contributed by atoms with Gasteiger partial charge in [0.1, 0.15) is 5.01 Å². The maximum absolute atomic E-state index is 4.74. The Hall–Kier alpha value is -0.710. The molecule has 0 saturated heterocycles. The Balaban J connectivity index is 2.15. The average molecular weight is 266 g/mol. The van der Waals surface area contributed by atoms with Gasteiger partial charge >= 0.3 is 0 Å². The molecule has 0 aliphatic carbocycles. The van der Waals surface area contributed by atoms with Crippen molar-refractivity contribution < 1.29 is 0 Å². The molecule has 2 rings (SSSR count). The number of hydrogen-bond donors (Lipinski definition) is 1. The second kappa shape index (κ2) is 6.28. The number of thiophene rings is 1. The highest BCUT2D eigenvalue weighted by molar-refractivity contribution is 7.15. The zero-order chi connectivity index (χ0) is 12.1. The fourth-order valence-electron chi connectivity index (χ4n) is 1.69. The van der Waals surface area contributed by atoms with E-state index in [1.54, 1.807) is 11.3 Å². The van der Waals surface area contributed by atoms with Crippen LogP contribution in [0.25, 0.3) is 10.6 Å². The molecule has 1 N–H and O–H groups in total. The molecule has 2 aromatic rings. The van der Waals surface area contributed by atoms with Crippen LogP contribution in [0.4, 0.5) is 0 Å². The molecule has 2 aromatic heterocycles. The second-order valence-corrected chi connectivity index (χ2v) is 5.79. The Morgan fingerprint density at radius 2 is 2.24 bits per heavy atom. The van der Waals surface area contributed by atoms with Crippen LogP contribution in [0.3, 0.4) is 0 Å². The molecule has 0 aliphatic rings. The maximum atomic E-state index is 4.74. The van der Waals surface area contributed by atoms with Gasteiger partial charge in [-0.3, -0.25) is 0 Å². The summed E-state index contributed by atoms with van der Waals surface area (Å²) in [7, 11) is 0. The first-order valence-corrected chi connectivity index (χ1v) is 7.83. The van der Waals surface area contributed by atoms with Gasteiger partial charge in [-0.1, -0.05) is 13.8 Å². The van der Waals surface area contributed by atoms with E-state index < -0.39 is 0 Å². The molecule has 2 nitrogen and oxygen atoms in total. The van der Waals surface area contributed by atoms with Crippen LogP contribution in [-0.2, 0) is 13.0 Å². The quantitative estimate of drug-likeness (QED) is 0.801. The molecule has 0 fully saturated rings. The first-order valence-electron chi connectivity index (χ1n) is 6.07. The van der Waals surface area contributed by atoms with Gasteiger partial charge in [-0.05, 0) is 30.8 Å². The molecule has 17 heavy (non-hydrogen) atoms. The van der Waals surface area contributed by atoms with E-state index in [0.717, 1.165) is 24.5 Å². The smallest absolute Gasteiger partial charge is 0.124 e. The fourth-order valence-corrected chi connectivity index (χ4v) is 3.52.